The Balaban J connectivity index is 1.56. The number of aromatic nitrogens is 6. The van der Waals surface area contributed by atoms with Crippen LogP contribution in [-0.4, -0.2) is 49.0 Å². The van der Waals surface area contributed by atoms with Gasteiger partial charge in [0.2, 0.25) is 0 Å². The topological polar surface area (TPSA) is 82.7 Å². The van der Waals surface area contributed by atoms with Crippen LogP contribution >= 0.6 is 0 Å². The molecule has 1 saturated heterocycles. The summed E-state index contributed by atoms with van der Waals surface area (Å²) >= 11 is 0. The highest BCUT2D eigenvalue weighted by molar-refractivity contribution is 5.40. The standard InChI is InChI=1S/C22H31N7O/c1-16-12-18(3)20(13-17(16)2)21(24-7-5-9-28-10-8-23-15-28)22-25-26-27-29(22)14-19-6-4-11-30-19/h8,10,12-13,15,19,21,24H,4-7,9,11,14H2,1-3H3. The lowest BCUT2D eigenvalue weighted by atomic mass is 9.95. The van der Waals surface area contributed by atoms with Gasteiger partial charge in [-0.2, -0.15) is 0 Å². The Morgan fingerprint density at radius 1 is 1.20 bits per heavy atom. The van der Waals surface area contributed by atoms with Crippen molar-refractivity contribution in [3.8, 4) is 0 Å². The summed E-state index contributed by atoms with van der Waals surface area (Å²) in [6, 6.07) is 4.45. The van der Waals surface area contributed by atoms with Gasteiger partial charge in [0, 0.05) is 25.5 Å². The van der Waals surface area contributed by atoms with E-state index in [0.717, 1.165) is 44.8 Å². The molecule has 1 N–H and O–H groups in total. The minimum atomic E-state index is -0.0662. The van der Waals surface area contributed by atoms with E-state index in [4.69, 9.17) is 4.74 Å². The highest BCUT2D eigenvalue weighted by Crippen LogP contribution is 2.27. The van der Waals surface area contributed by atoms with Gasteiger partial charge in [-0.15, -0.1) is 5.10 Å². The zero-order valence-electron chi connectivity index (χ0n) is 18.1. The maximum Gasteiger partial charge on any atom is 0.172 e. The minimum Gasteiger partial charge on any atom is -0.376 e. The van der Waals surface area contributed by atoms with Crippen molar-refractivity contribution < 1.29 is 4.74 Å². The van der Waals surface area contributed by atoms with Crippen LogP contribution in [0.4, 0.5) is 0 Å². The highest BCUT2D eigenvalue weighted by atomic mass is 16.5. The van der Waals surface area contributed by atoms with E-state index in [1.165, 1.54) is 22.3 Å². The van der Waals surface area contributed by atoms with Gasteiger partial charge in [-0.25, -0.2) is 9.67 Å². The van der Waals surface area contributed by atoms with Crippen molar-refractivity contribution >= 4 is 0 Å². The molecule has 0 radical (unpaired) electrons. The highest BCUT2D eigenvalue weighted by Gasteiger charge is 2.25. The first-order valence-corrected chi connectivity index (χ1v) is 10.8. The maximum atomic E-state index is 5.82. The van der Waals surface area contributed by atoms with Crippen molar-refractivity contribution in [3.05, 3.63) is 58.9 Å². The zero-order valence-corrected chi connectivity index (χ0v) is 18.1. The summed E-state index contributed by atoms with van der Waals surface area (Å²) < 4.78 is 9.83. The molecule has 4 rings (SSSR count). The molecule has 1 aromatic carbocycles. The van der Waals surface area contributed by atoms with Crippen LogP contribution < -0.4 is 5.32 Å². The van der Waals surface area contributed by atoms with E-state index in [2.05, 4.69) is 63.3 Å². The monoisotopic (exact) mass is 409 g/mol. The number of hydrogen-bond donors (Lipinski definition) is 1. The summed E-state index contributed by atoms with van der Waals surface area (Å²) in [6.07, 6.45) is 9.01. The molecule has 0 aliphatic carbocycles. The van der Waals surface area contributed by atoms with E-state index >= 15 is 0 Å². The third-order valence-electron chi connectivity index (χ3n) is 5.91. The molecule has 1 aliphatic rings. The van der Waals surface area contributed by atoms with Crippen LogP contribution in [0, 0.1) is 20.8 Å². The van der Waals surface area contributed by atoms with Gasteiger partial charge in [0.1, 0.15) is 0 Å². The summed E-state index contributed by atoms with van der Waals surface area (Å²) in [4.78, 5) is 4.12. The number of aryl methyl sites for hydroxylation is 4. The average Bonchev–Trinajstić information content (AvgIpc) is 3.49. The Bertz CT molecular complexity index is 945. The van der Waals surface area contributed by atoms with Crippen LogP contribution in [0.3, 0.4) is 0 Å². The molecule has 0 amide bonds. The first-order chi connectivity index (χ1) is 14.6. The number of rotatable bonds is 9. The number of imidazole rings is 1. The third kappa shape index (κ3) is 4.76. The molecule has 160 valence electrons. The van der Waals surface area contributed by atoms with Crippen molar-refractivity contribution in [2.75, 3.05) is 13.2 Å². The molecule has 2 atom stereocenters. The van der Waals surface area contributed by atoms with E-state index in [1.54, 1.807) is 0 Å². The van der Waals surface area contributed by atoms with Crippen LogP contribution in [0.5, 0.6) is 0 Å². The first kappa shape index (κ1) is 20.7. The van der Waals surface area contributed by atoms with E-state index in [9.17, 15) is 0 Å². The quantitative estimate of drug-likeness (QED) is 0.547. The third-order valence-corrected chi connectivity index (χ3v) is 5.91. The van der Waals surface area contributed by atoms with E-state index in [1.807, 2.05) is 23.4 Å². The predicted molar refractivity (Wildman–Crippen MR) is 114 cm³/mol. The summed E-state index contributed by atoms with van der Waals surface area (Å²) in [6.45, 7) is 9.77. The minimum absolute atomic E-state index is 0.0662. The largest absolute Gasteiger partial charge is 0.376 e. The SMILES string of the molecule is Cc1cc(C)c(C(NCCCn2ccnc2)c2nnnn2CC2CCCO2)cc1C. The number of hydrogen-bond acceptors (Lipinski definition) is 6. The summed E-state index contributed by atoms with van der Waals surface area (Å²) in [5.41, 5.74) is 5.05. The average molecular weight is 410 g/mol. The maximum absolute atomic E-state index is 5.82. The smallest absolute Gasteiger partial charge is 0.172 e. The lowest BCUT2D eigenvalue weighted by molar-refractivity contribution is 0.0923. The molecular weight excluding hydrogens is 378 g/mol. The Morgan fingerprint density at radius 2 is 2.07 bits per heavy atom. The van der Waals surface area contributed by atoms with E-state index in [0.29, 0.717) is 6.54 Å². The fourth-order valence-electron chi connectivity index (χ4n) is 4.09. The molecule has 30 heavy (non-hydrogen) atoms. The molecule has 8 nitrogen and oxygen atoms in total. The van der Waals surface area contributed by atoms with Crippen LogP contribution in [0.25, 0.3) is 0 Å². The van der Waals surface area contributed by atoms with Crippen LogP contribution in [0.2, 0.25) is 0 Å². The second-order valence-corrected chi connectivity index (χ2v) is 8.19. The zero-order chi connectivity index (χ0) is 20.9. The predicted octanol–water partition coefficient (Wildman–Crippen LogP) is 2.74. The Kier molecular flexibility index (Phi) is 6.54. The van der Waals surface area contributed by atoms with Gasteiger partial charge in [0.25, 0.3) is 0 Å². The summed E-state index contributed by atoms with van der Waals surface area (Å²) in [7, 11) is 0. The number of ether oxygens (including phenoxy) is 1. The fraction of sp³-hybridized carbons (Fsp3) is 0.545. The molecule has 2 aromatic heterocycles. The Hall–Kier alpha value is -2.58. The Labute approximate surface area is 177 Å². The molecule has 1 aliphatic heterocycles. The molecule has 0 bridgehead atoms. The van der Waals surface area contributed by atoms with Gasteiger partial charge in [-0.05, 0) is 79.3 Å². The van der Waals surface area contributed by atoms with Crippen molar-refractivity contribution in [3.63, 3.8) is 0 Å². The fourth-order valence-corrected chi connectivity index (χ4v) is 4.09. The molecule has 8 heteroatoms. The number of benzene rings is 1. The van der Waals surface area contributed by atoms with Gasteiger partial charge in [-0.3, -0.25) is 0 Å². The van der Waals surface area contributed by atoms with E-state index < -0.39 is 0 Å². The number of tetrazole rings is 1. The molecule has 3 aromatic rings. The molecule has 2 unspecified atom stereocenters. The van der Waals surface area contributed by atoms with Gasteiger partial charge in [0.05, 0.1) is 25.0 Å². The Morgan fingerprint density at radius 3 is 2.83 bits per heavy atom. The van der Waals surface area contributed by atoms with Gasteiger partial charge in [0.15, 0.2) is 5.82 Å². The number of nitrogens with zero attached hydrogens (tertiary/aromatic N) is 6. The molecule has 0 spiro atoms. The van der Waals surface area contributed by atoms with Crippen LogP contribution in [0.15, 0.2) is 30.9 Å². The lowest BCUT2D eigenvalue weighted by Gasteiger charge is -2.22. The molecular formula is C22H31N7O. The van der Waals surface area contributed by atoms with Gasteiger partial charge >= 0.3 is 0 Å². The lowest BCUT2D eigenvalue weighted by Crippen LogP contribution is -2.29. The summed E-state index contributed by atoms with van der Waals surface area (Å²) in [5, 5.41) is 16.4. The normalized spacial score (nSPS) is 17.5. The summed E-state index contributed by atoms with van der Waals surface area (Å²) in [5.74, 6) is 0.847. The molecule has 0 saturated carbocycles. The van der Waals surface area contributed by atoms with E-state index in [-0.39, 0.29) is 12.1 Å². The molecule has 3 heterocycles. The van der Waals surface area contributed by atoms with Crippen LogP contribution in [-0.2, 0) is 17.8 Å². The van der Waals surface area contributed by atoms with Gasteiger partial charge < -0.3 is 14.6 Å². The molecule has 1 fully saturated rings. The van der Waals surface area contributed by atoms with Crippen LogP contribution in [0.1, 0.15) is 53.4 Å². The second-order valence-electron chi connectivity index (χ2n) is 8.19. The van der Waals surface area contributed by atoms with Crippen molar-refractivity contribution in [1.29, 1.82) is 0 Å². The second kappa shape index (κ2) is 9.49. The van der Waals surface area contributed by atoms with Crippen molar-refractivity contribution in [1.82, 2.24) is 35.1 Å². The van der Waals surface area contributed by atoms with Crippen molar-refractivity contribution in [2.24, 2.45) is 0 Å². The number of nitrogens with one attached hydrogen (secondary N) is 1. The van der Waals surface area contributed by atoms with Gasteiger partial charge in [-0.1, -0.05) is 12.1 Å². The van der Waals surface area contributed by atoms with Crippen molar-refractivity contribution in [2.45, 2.75) is 65.3 Å². The first-order valence-electron chi connectivity index (χ1n) is 10.8.